The SMILES string of the molecule is CC(C)OC(=O)[C@H](C)NP(=S)(N[C@@H](C)C(=O)OC(C)C)OC[C@@]1(C(F)F)O[C@@H](n2ccc(=O)[nH]c2=O)[C@@H](O)[C@@H]1O. The van der Waals surface area contributed by atoms with E-state index in [4.69, 9.17) is 30.5 Å². The lowest BCUT2D eigenvalue weighted by Crippen LogP contribution is -2.53. The smallest absolute Gasteiger partial charge is 0.330 e. The molecule has 1 aliphatic rings. The number of H-pyrrole nitrogens is 1. The van der Waals surface area contributed by atoms with Gasteiger partial charge in [0.05, 0.1) is 18.8 Å². The molecule has 40 heavy (non-hydrogen) atoms. The molecule has 0 amide bonds. The number of hydrogen-bond acceptors (Lipinski definition) is 11. The number of alkyl halides is 2. The number of aliphatic hydroxyl groups excluding tert-OH is 2. The molecule has 1 aromatic heterocycles. The van der Waals surface area contributed by atoms with E-state index in [0.29, 0.717) is 4.57 Å². The molecular weight excluding hydrogens is 581 g/mol. The standard InChI is InChI=1S/C22H35F2N4O10PS/c1-10(2)36-18(32)12(5)26-39(40,27-13(6)19(33)37-11(3)4)35-9-22(20(23)24)16(31)15(30)17(38-22)28-8-7-14(29)25-21(28)34/h7-8,10-13,15-17,20,30-31H,9H2,1-6H3,(H,25,29,34)(H2,26,27,40)/t12-,13-,15-,16-,17+,22+/m0/s1. The molecule has 1 aliphatic heterocycles. The Kier molecular flexibility index (Phi) is 11.7. The Morgan fingerprint density at radius 2 is 1.60 bits per heavy atom. The molecule has 228 valence electrons. The number of halogens is 2. The molecule has 1 saturated heterocycles. The van der Waals surface area contributed by atoms with Gasteiger partial charge in [0, 0.05) is 12.3 Å². The van der Waals surface area contributed by atoms with E-state index in [2.05, 4.69) is 10.2 Å². The van der Waals surface area contributed by atoms with Crippen LogP contribution in [0.5, 0.6) is 0 Å². The van der Waals surface area contributed by atoms with E-state index < -0.39 is 91.1 Å². The quantitative estimate of drug-likeness (QED) is 0.146. The summed E-state index contributed by atoms with van der Waals surface area (Å²) in [4.78, 5) is 50.3. The van der Waals surface area contributed by atoms with Crippen molar-refractivity contribution < 1.29 is 47.3 Å². The number of nitrogens with one attached hydrogen (secondary N) is 3. The van der Waals surface area contributed by atoms with Crippen LogP contribution >= 0.6 is 6.57 Å². The fourth-order valence-electron chi connectivity index (χ4n) is 3.61. The van der Waals surface area contributed by atoms with Crippen LogP contribution in [0.15, 0.2) is 21.9 Å². The lowest BCUT2D eigenvalue weighted by Gasteiger charge is -2.35. The Balaban J connectivity index is 2.39. The van der Waals surface area contributed by atoms with Gasteiger partial charge < -0.3 is 28.9 Å². The Morgan fingerprint density at radius 3 is 2.02 bits per heavy atom. The number of rotatable bonds is 13. The topological polar surface area (TPSA) is 190 Å². The number of nitrogens with zero attached hydrogens (tertiary/aromatic N) is 1. The molecule has 1 fully saturated rings. The van der Waals surface area contributed by atoms with Gasteiger partial charge in [-0.15, -0.1) is 0 Å². The molecule has 2 heterocycles. The van der Waals surface area contributed by atoms with Gasteiger partial charge in [-0.1, -0.05) is 0 Å². The zero-order valence-electron chi connectivity index (χ0n) is 22.7. The minimum atomic E-state index is -3.81. The molecule has 1 aromatic rings. The Labute approximate surface area is 233 Å². The van der Waals surface area contributed by atoms with E-state index in [1.165, 1.54) is 13.8 Å². The Morgan fingerprint density at radius 1 is 1.10 bits per heavy atom. The number of aromatic amines is 1. The first-order valence-electron chi connectivity index (χ1n) is 12.3. The van der Waals surface area contributed by atoms with Crippen LogP contribution in [-0.2, 0) is 40.1 Å². The van der Waals surface area contributed by atoms with Crippen molar-refractivity contribution in [2.45, 2.75) is 96.3 Å². The number of esters is 2. The third-order valence-electron chi connectivity index (χ3n) is 5.56. The molecule has 14 nitrogen and oxygen atoms in total. The maximum absolute atomic E-state index is 14.5. The van der Waals surface area contributed by atoms with E-state index >= 15 is 0 Å². The van der Waals surface area contributed by atoms with E-state index in [0.717, 1.165) is 12.3 Å². The van der Waals surface area contributed by atoms with Gasteiger partial charge in [-0.2, -0.15) is 0 Å². The van der Waals surface area contributed by atoms with Crippen LogP contribution in [0.4, 0.5) is 8.78 Å². The largest absolute Gasteiger partial charge is 0.462 e. The van der Waals surface area contributed by atoms with E-state index in [1.807, 2.05) is 4.98 Å². The van der Waals surface area contributed by atoms with E-state index in [1.54, 1.807) is 27.7 Å². The highest BCUT2D eigenvalue weighted by Crippen LogP contribution is 2.46. The average Bonchev–Trinajstić information content (AvgIpc) is 3.08. The average molecular weight is 617 g/mol. The minimum Gasteiger partial charge on any atom is -0.462 e. The Hall–Kier alpha value is -2.11. The number of ether oxygens (including phenoxy) is 3. The monoisotopic (exact) mass is 616 g/mol. The van der Waals surface area contributed by atoms with Gasteiger partial charge in [0.2, 0.25) is 0 Å². The van der Waals surface area contributed by atoms with Gasteiger partial charge in [0.25, 0.3) is 12.0 Å². The van der Waals surface area contributed by atoms with Crippen LogP contribution in [0, 0.1) is 0 Å². The number of carbonyl (C=O) groups is 2. The summed E-state index contributed by atoms with van der Waals surface area (Å²) in [5, 5.41) is 26.5. The molecule has 18 heteroatoms. The fourth-order valence-corrected chi connectivity index (χ4v) is 6.55. The summed E-state index contributed by atoms with van der Waals surface area (Å²) in [6, 6.07) is -1.38. The van der Waals surface area contributed by atoms with Gasteiger partial charge in [-0.3, -0.25) is 23.9 Å². The van der Waals surface area contributed by atoms with Crippen LogP contribution in [0.2, 0.25) is 0 Å². The summed E-state index contributed by atoms with van der Waals surface area (Å²) in [6.07, 6.45) is -9.75. The second-order valence-electron chi connectivity index (χ2n) is 9.71. The van der Waals surface area contributed by atoms with Crippen LogP contribution in [0.1, 0.15) is 47.8 Å². The highest BCUT2D eigenvalue weighted by Gasteiger charge is 2.61. The summed E-state index contributed by atoms with van der Waals surface area (Å²) >= 11 is 5.53. The summed E-state index contributed by atoms with van der Waals surface area (Å²) in [7, 11) is 0. The second kappa shape index (κ2) is 13.7. The van der Waals surface area contributed by atoms with Gasteiger partial charge in [-0.25, -0.2) is 23.7 Å². The maximum Gasteiger partial charge on any atom is 0.330 e. The van der Waals surface area contributed by atoms with Crippen molar-refractivity contribution in [2.75, 3.05) is 6.61 Å². The molecule has 0 bridgehead atoms. The molecular formula is C22H35F2N4O10PS. The zero-order chi connectivity index (χ0) is 30.6. The first kappa shape index (κ1) is 34.1. The lowest BCUT2D eigenvalue weighted by molar-refractivity contribution is -0.191. The maximum atomic E-state index is 14.5. The fraction of sp³-hybridized carbons (Fsp3) is 0.727. The Bertz CT molecular complexity index is 1180. The van der Waals surface area contributed by atoms with Crippen LogP contribution in [-0.4, -0.2) is 86.8 Å². The number of aromatic nitrogens is 2. The third kappa shape index (κ3) is 8.22. The molecule has 0 radical (unpaired) electrons. The van der Waals surface area contributed by atoms with Gasteiger partial charge in [-0.05, 0) is 53.3 Å². The molecule has 5 N–H and O–H groups in total. The molecule has 0 spiro atoms. The van der Waals surface area contributed by atoms with Crippen LogP contribution < -0.4 is 21.4 Å². The number of carbonyl (C=O) groups excluding carboxylic acids is 2. The van der Waals surface area contributed by atoms with Gasteiger partial charge >= 0.3 is 17.6 Å². The first-order chi connectivity index (χ1) is 18.4. The van der Waals surface area contributed by atoms with Gasteiger partial charge in [0.1, 0.15) is 24.3 Å². The van der Waals surface area contributed by atoms with Crippen molar-refractivity contribution in [3.8, 4) is 0 Å². The molecule has 0 unspecified atom stereocenters. The molecule has 0 saturated carbocycles. The van der Waals surface area contributed by atoms with Crippen molar-refractivity contribution in [2.24, 2.45) is 0 Å². The lowest BCUT2D eigenvalue weighted by atomic mass is 9.96. The van der Waals surface area contributed by atoms with Crippen molar-refractivity contribution in [3.63, 3.8) is 0 Å². The zero-order valence-corrected chi connectivity index (χ0v) is 24.4. The second-order valence-corrected chi connectivity index (χ2v) is 13.1. The van der Waals surface area contributed by atoms with Crippen molar-refractivity contribution in [1.82, 2.24) is 19.7 Å². The minimum absolute atomic E-state index is 0.484. The molecule has 0 aromatic carbocycles. The van der Waals surface area contributed by atoms with Crippen LogP contribution in [0.3, 0.4) is 0 Å². The van der Waals surface area contributed by atoms with Crippen LogP contribution in [0.25, 0.3) is 0 Å². The van der Waals surface area contributed by atoms with Crippen molar-refractivity contribution in [3.05, 3.63) is 33.1 Å². The summed E-state index contributed by atoms with van der Waals surface area (Å²) in [6.45, 7) is 4.23. The third-order valence-corrected chi connectivity index (χ3v) is 8.46. The normalized spacial score (nSPS) is 24.9. The van der Waals surface area contributed by atoms with E-state index in [-0.39, 0.29) is 0 Å². The number of hydrogen-bond donors (Lipinski definition) is 5. The number of aliphatic hydroxyl groups is 2. The predicted octanol–water partition coefficient (Wildman–Crippen LogP) is -0.108. The molecule has 2 rings (SSSR count). The summed E-state index contributed by atoms with van der Waals surface area (Å²) in [5.74, 6) is -1.50. The molecule has 6 atom stereocenters. The van der Waals surface area contributed by atoms with Crippen molar-refractivity contribution >= 4 is 30.3 Å². The summed E-state index contributed by atoms with van der Waals surface area (Å²) in [5.41, 5.74) is -4.79. The summed E-state index contributed by atoms with van der Waals surface area (Å²) < 4.78 is 50.9. The van der Waals surface area contributed by atoms with Crippen molar-refractivity contribution in [1.29, 1.82) is 0 Å². The first-order valence-corrected chi connectivity index (χ1v) is 15.0. The highest BCUT2D eigenvalue weighted by molar-refractivity contribution is 8.10. The predicted molar refractivity (Wildman–Crippen MR) is 140 cm³/mol. The van der Waals surface area contributed by atoms with Gasteiger partial charge in [0.15, 0.2) is 18.4 Å². The van der Waals surface area contributed by atoms with E-state index in [9.17, 15) is 38.2 Å². The highest BCUT2D eigenvalue weighted by atomic mass is 32.4. The molecule has 0 aliphatic carbocycles.